The molecule has 1 aliphatic heterocycles. The van der Waals surface area contributed by atoms with Crippen molar-refractivity contribution >= 4 is 70.6 Å². The molecule has 30 heteroatoms. The van der Waals surface area contributed by atoms with E-state index in [-0.39, 0.29) is 105 Å². The number of aromatic nitrogens is 12. The first-order chi connectivity index (χ1) is 38.7. The Morgan fingerprint density at radius 2 is 0.531 bits per heavy atom. The monoisotopic (exact) mass is 1100 g/mol. The number of anilines is 3. The predicted molar refractivity (Wildman–Crippen MR) is 268 cm³/mol. The minimum atomic E-state index is -1.39. The summed E-state index contributed by atoms with van der Waals surface area (Å²) in [6, 6.07) is 27.6. The molecule has 0 saturated carbocycles. The molecule has 0 aliphatic carbocycles. The van der Waals surface area contributed by atoms with Gasteiger partial charge in [-0.3, -0.25) is 14.4 Å². The van der Waals surface area contributed by atoms with Crippen molar-refractivity contribution in [2.45, 2.75) is 20.0 Å². The van der Waals surface area contributed by atoms with E-state index in [1.54, 1.807) is 36.4 Å². The van der Waals surface area contributed by atoms with E-state index in [4.69, 9.17) is 30.6 Å². The fraction of sp³-hybridized carbons (Fsp3) is 0.0588. The van der Waals surface area contributed by atoms with Crippen molar-refractivity contribution < 1.29 is 88.2 Å². The highest BCUT2D eigenvalue weighted by molar-refractivity contribution is 6.08. The molecule has 0 spiro atoms. The molecule has 0 fully saturated rings. The van der Waals surface area contributed by atoms with Crippen LogP contribution in [0.15, 0.2) is 127 Å². The number of amides is 3. The summed E-state index contributed by atoms with van der Waals surface area (Å²) < 4.78 is 0. The van der Waals surface area contributed by atoms with Crippen molar-refractivity contribution in [2.75, 3.05) is 16.0 Å². The van der Waals surface area contributed by atoms with Crippen LogP contribution in [0.2, 0.25) is 0 Å². The highest BCUT2D eigenvalue weighted by Crippen LogP contribution is 2.23. The van der Waals surface area contributed by atoms with E-state index in [1.807, 2.05) is 0 Å². The van der Waals surface area contributed by atoms with Gasteiger partial charge in [0.1, 0.15) is 0 Å². The van der Waals surface area contributed by atoms with Crippen LogP contribution >= 0.6 is 0 Å². The molecule has 402 valence electrons. The van der Waals surface area contributed by atoms with Crippen molar-refractivity contribution in [1.29, 1.82) is 0 Å². The Morgan fingerprint density at radius 1 is 0.321 bits per heavy atom. The highest BCUT2D eigenvalue weighted by atomic mass is 16.4. The zero-order valence-corrected chi connectivity index (χ0v) is 41.0. The molecule has 10 rings (SSSR count). The highest BCUT2D eigenvalue weighted by Gasteiger charge is 2.35. The van der Waals surface area contributed by atoms with E-state index in [1.165, 1.54) is 65.2 Å². The molecule has 0 atom stereocenters. The molecular weight excluding hydrogens is 1060 g/mol. The Labute approximate surface area is 450 Å². The standard InChI is InChI=1S/C51H33N15O15/c67-43(52-37-16-31(46(70)71)13-32(17-37)47(72)73)28-7-1-25(2-8-28)40-55-61-22-63-57-41(26-3-9-29(10-4-26)44(68)53-38-18-33(48(74)75)14-34(19-38)49(76)77)59-65(63)24-66-60-42(58-64(66)23-62(61)56-40)27-5-11-30(12-6-27)45(69)54-39-20-35(50(78)79)15-36(21-39)51(80)81/h1-21H,22-24H2,(H6-3,52,53,54,67,68,69,70,71,72,73,74,75,76,77,78,79,80,81)/p+3. The maximum atomic E-state index is 13.3. The Kier molecular flexibility index (Phi) is 13.6. The number of fused-ring (bicyclic) bond motifs is 3. The maximum Gasteiger partial charge on any atom is 0.339 e. The summed E-state index contributed by atoms with van der Waals surface area (Å²) in [4.78, 5) is 118. The summed E-state index contributed by atoms with van der Waals surface area (Å²) in [5.74, 6) is -9.92. The van der Waals surface area contributed by atoms with Crippen molar-refractivity contribution in [3.8, 4) is 34.2 Å². The molecule has 0 unspecified atom stereocenters. The molecular formula is C51H36N15O15+3. The first-order valence-corrected chi connectivity index (χ1v) is 23.4. The average Bonchev–Trinajstić information content (AvgIpc) is 4.27. The van der Waals surface area contributed by atoms with Crippen molar-refractivity contribution in [3.63, 3.8) is 0 Å². The number of rotatable bonds is 15. The van der Waals surface area contributed by atoms with E-state index < -0.39 is 53.5 Å². The number of nitrogens with zero attached hydrogens (tertiary/aromatic N) is 12. The Morgan fingerprint density at radius 3 is 0.728 bits per heavy atom. The molecule has 3 amide bonds. The lowest BCUT2D eigenvalue weighted by Gasteiger charge is -2.08. The SMILES string of the molecule is O=C(O)c1cc(NC(=O)c2ccc(-c3nn4[n+](n3)Cn3nc(-c5ccc(C(=O)Nc6cc(C(=O)O)cc(C(=O)O)c6)cc5)n[n+]3Cn3nc(-c5ccc(C(=O)Nc6cc(C(=O)O)cc(C(=O)O)c6)cc5)n[n+]3C4)cc2)cc(C(=O)O)c1. The van der Waals surface area contributed by atoms with Gasteiger partial charge in [0.25, 0.3) is 37.7 Å². The lowest BCUT2D eigenvalue weighted by Crippen LogP contribution is -2.56. The summed E-state index contributed by atoms with van der Waals surface area (Å²) >= 11 is 0. The third-order valence-corrected chi connectivity index (χ3v) is 12.1. The molecule has 0 radical (unpaired) electrons. The minimum absolute atomic E-state index is 0.0614. The number of carbonyl (C=O) groups excluding carboxylic acids is 3. The largest absolute Gasteiger partial charge is 0.478 e. The summed E-state index contributed by atoms with van der Waals surface area (Å²) in [7, 11) is 0. The molecule has 81 heavy (non-hydrogen) atoms. The fourth-order valence-electron chi connectivity index (χ4n) is 8.10. The third kappa shape index (κ3) is 11.2. The van der Waals surface area contributed by atoms with Gasteiger partial charge in [-0.05, 0) is 157 Å². The Hall–Kier alpha value is -12.2. The minimum Gasteiger partial charge on any atom is -0.478 e. The van der Waals surface area contributed by atoms with Crippen LogP contribution in [0.3, 0.4) is 0 Å². The van der Waals surface area contributed by atoms with E-state index >= 15 is 0 Å². The van der Waals surface area contributed by atoms with Gasteiger partial charge >= 0.3 is 53.3 Å². The molecule has 9 N–H and O–H groups in total. The molecule has 9 aromatic rings. The summed E-state index contributed by atoms with van der Waals surface area (Å²) in [5, 5.41) is 92.9. The first-order valence-electron chi connectivity index (χ1n) is 23.4. The van der Waals surface area contributed by atoms with Gasteiger partial charge in [0, 0.05) is 48.1 Å². The molecule has 0 bridgehead atoms. The Balaban J connectivity index is 0.947. The van der Waals surface area contributed by atoms with Crippen LogP contribution < -0.4 is 30.3 Å². The second-order valence-corrected chi connectivity index (χ2v) is 17.6. The van der Waals surface area contributed by atoms with Crippen LogP contribution in [0.1, 0.15) is 93.2 Å². The van der Waals surface area contributed by atoms with E-state index in [0.717, 1.165) is 54.6 Å². The van der Waals surface area contributed by atoms with E-state index in [2.05, 4.69) is 16.0 Å². The van der Waals surface area contributed by atoms with Crippen molar-refractivity contribution in [1.82, 2.24) is 45.0 Å². The topological polar surface area (TPSA) is 415 Å². The fourth-order valence-corrected chi connectivity index (χ4v) is 8.10. The van der Waals surface area contributed by atoms with E-state index in [9.17, 15) is 73.8 Å². The lowest BCUT2D eigenvalue weighted by molar-refractivity contribution is -0.898. The quantitative estimate of drug-likeness (QED) is 0.0664. The predicted octanol–water partition coefficient (Wildman–Crippen LogP) is 2.10. The molecule has 0 saturated heterocycles. The lowest BCUT2D eigenvalue weighted by atomic mass is 10.1. The molecule has 1 aliphatic rings. The molecule has 6 aromatic carbocycles. The van der Waals surface area contributed by atoms with Crippen LogP contribution in [0.4, 0.5) is 17.1 Å². The zero-order chi connectivity index (χ0) is 57.4. The summed E-state index contributed by atoms with van der Waals surface area (Å²) in [6.45, 7) is -0.368. The van der Waals surface area contributed by atoms with Crippen molar-refractivity contribution in [2.24, 2.45) is 0 Å². The van der Waals surface area contributed by atoms with Gasteiger partial charge in [-0.15, -0.1) is 0 Å². The number of carboxylic acid groups (broad SMARTS) is 6. The number of hydrogen-bond donors (Lipinski definition) is 9. The van der Waals surface area contributed by atoms with Crippen LogP contribution in [-0.2, 0) is 20.0 Å². The van der Waals surface area contributed by atoms with Gasteiger partial charge in [0.15, 0.2) is 0 Å². The number of carboxylic acids is 6. The normalized spacial score (nSPS) is 11.6. The number of nitrogens with one attached hydrogen (secondary N) is 3. The van der Waals surface area contributed by atoms with Crippen LogP contribution in [0.5, 0.6) is 0 Å². The number of carbonyl (C=O) groups is 9. The number of aromatic carboxylic acids is 6. The second-order valence-electron chi connectivity index (χ2n) is 17.6. The molecule has 30 nitrogen and oxygen atoms in total. The number of benzene rings is 6. The van der Waals surface area contributed by atoms with Crippen LogP contribution in [0, 0.1) is 0 Å². The van der Waals surface area contributed by atoms with Gasteiger partial charge in [0.05, 0.1) is 65.4 Å². The number of hydrogen-bond acceptors (Lipinski definition) is 15. The Bertz CT molecular complexity index is 3580. The van der Waals surface area contributed by atoms with Crippen LogP contribution in [-0.4, -0.2) is 129 Å². The van der Waals surface area contributed by atoms with Gasteiger partial charge < -0.3 is 46.6 Å². The average molecular weight is 1100 g/mol. The van der Waals surface area contributed by atoms with Gasteiger partial charge in [-0.2, -0.15) is 0 Å². The van der Waals surface area contributed by atoms with Gasteiger partial charge in [-0.1, -0.05) is 0 Å². The summed E-state index contributed by atoms with van der Waals surface area (Å²) in [6.07, 6.45) is 0. The van der Waals surface area contributed by atoms with Crippen LogP contribution in [0.25, 0.3) is 34.2 Å². The second kappa shape index (κ2) is 21.1. The smallest absolute Gasteiger partial charge is 0.339 e. The van der Waals surface area contributed by atoms with Gasteiger partial charge in [0.2, 0.25) is 0 Å². The zero-order valence-electron chi connectivity index (χ0n) is 41.0. The number of tetrazole rings is 3. The van der Waals surface area contributed by atoms with Gasteiger partial charge in [-0.25, -0.2) is 28.8 Å². The van der Waals surface area contributed by atoms with E-state index in [0.29, 0.717) is 16.7 Å². The first kappa shape index (κ1) is 52.2. The third-order valence-electron chi connectivity index (χ3n) is 12.1. The van der Waals surface area contributed by atoms with Crippen molar-refractivity contribution in [3.05, 3.63) is 177 Å². The maximum absolute atomic E-state index is 13.3. The molecule has 4 heterocycles. The molecule has 3 aromatic heterocycles. The summed E-state index contributed by atoms with van der Waals surface area (Å²) in [5.41, 5.74) is -0.631.